The summed E-state index contributed by atoms with van der Waals surface area (Å²) in [5.74, 6) is -0.0880. The second-order valence-electron chi connectivity index (χ2n) is 5.92. The zero-order chi connectivity index (χ0) is 16.1. The van der Waals surface area contributed by atoms with Crippen LogP contribution in [0.25, 0.3) is 0 Å². The molecule has 1 aromatic carbocycles. The SMILES string of the molecule is CC(=O)NC(CC(=O)N1CC(C)OC(C)C1)c1ccccc1. The molecule has 1 aliphatic heterocycles. The third-order valence-electron chi connectivity index (χ3n) is 3.73. The van der Waals surface area contributed by atoms with Crippen LogP contribution in [0.1, 0.15) is 38.8 Å². The number of rotatable bonds is 4. The quantitative estimate of drug-likeness (QED) is 0.924. The minimum Gasteiger partial charge on any atom is -0.372 e. The molecule has 1 N–H and O–H groups in total. The van der Waals surface area contributed by atoms with Crippen molar-refractivity contribution in [2.24, 2.45) is 0 Å². The molecule has 3 unspecified atom stereocenters. The molecule has 0 radical (unpaired) electrons. The van der Waals surface area contributed by atoms with Gasteiger partial charge in [-0.1, -0.05) is 30.3 Å². The van der Waals surface area contributed by atoms with Crippen LogP contribution in [0.15, 0.2) is 30.3 Å². The third kappa shape index (κ3) is 4.56. The fraction of sp³-hybridized carbons (Fsp3) is 0.529. The zero-order valence-electron chi connectivity index (χ0n) is 13.4. The van der Waals surface area contributed by atoms with E-state index in [1.807, 2.05) is 49.1 Å². The van der Waals surface area contributed by atoms with Crippen LogP contribution in [0, 0.1) is 0 Å². The summed E-state index contributed by atoms with van der Waals surface area (Å²) in [7, 11) is 0. The van der Waals surface area contributed by atoms with E-state index in [2.05, 4.69) is 5.32 Å². The van der Waals surface area contributed by atoms with Crippen LogP contribution in [0.5, 0.6) is 0 Å². The Kier molecular flexibility index (Phi) is 5.55. The predicted molar refractivity (Wildman–Crippen MR) is 84.2 cm³/mol. The molecule has 2 amide bonds. The molecule has 5 heteroatoms. The van der Waals surface area contributed by atoms with Gasteiger partial charge in [-0.25, -0.2) is 0 Å². The number of nitrogens with zero attached hydrogens (tertiary/aromatic N) is 1. The molecule has 1 saturated heterocycles. The normalized spacial score (nSPS) is 23.0. The highest BCUT2D eigenvalue weighted by atomic mass is 16.5. The molecule has 0 bridgehead atoms. The maximum absolute atomic E-state index is 12.6. The van der Waals surface area contributed by atoms with E-state index in [1.54, 1.807) is 0 Å². The fourth-order valence-electron chi connectivity index (χ4n) is 2.87. The first-order valence-corrected chi connectivity index (χ1v) is 7.71. The van der Waals surface area contributed by atoms with Gasteiger partial charge in [0.1, 0.15) is 0 Å². The molecular formula is C17H24N2O3. The lowest BCUT2D eigenvalue weighted by Gasteiger charge is -2.36. The van der Waals surface area contributed by atoms with Gasteiger partial charge in [0.15, 0.2) is 0 Å². The maximum atomic E-state index is 12.6. The van der Waals surface area contributed by atoms with Gasteiger partial charge in [0.25, 0.3) is 0 Å². The topological polar surface area (TPSA) is 58.6 Å². The van der Waals surface area contributed by atoms with E-state index >= 15 is 0 Å². The van der Waals surface area contributed by atoms with Gasteiger partial charge in [0, 0.05) is 20.0 Å². The van der Waals surface area contributed by atoms with Gasteiger partial charge in [0.2, 0.25) is 11.8 Å². The standard InChI is InChI=1S/C17H24N2O3/c1-12-10-19(11-13(2)22-12)17(21)9-16(18-14(3)20)15-7-5-4-6-8-15/h4-8,12-13,16H,9-11H2,1-3H3,(H,18,20). The number of ether oxygens (including phenoxy) is 1. The number of hydrogen-bond acceptors (Lipinski definition) is 3. The van der Waals surface area contributed by atoms with Gasteiger partial charge in [-0.15, -0.1) is 0 Å². The van der Waals surface area contributed by atoms with Gasteiger partial charge in [-0.2, -0.15) is 0 Å². The van der Waals surface area contributed by atoms with Crippen molar-refractivity contribution in [2.45, 2.75) is 45.4 Å². The molecule has 5 nitrogen and oxygen atoms in total. The molecule has 22 heavy (non-hydrogen) atoms. The van der Waals surface area contributed by atoms with E-state index < -0.39 is 0 Å². The van der Waals surface area contributed by atoms with Crippen molar-refractivity contribution in [1.29, 1.82) is 0 Å². The molecule has 0 aliphatic carbocycles. The smallest absolute Gasteiger partial charge is 0.225 e. The molecule has 1 heterocycles. The second-order valence-corrected chi connectivity index (χ2v) is 5.92. The monoisotopic (exact) mass is 304 g/mol. The number of benzene rings is 1. The number of carbonyl (C=O) groups excluding carboxylic acids is 2. The van der Waals surface area contributed by atoms with Crippen molar-refractivity contribution in [3.05, 3.63) is 35.9 Å². The summed E-state index contributed by atoms with van der Waals surface area (Å²) in [4.78, 5) is 25.8. The average molecular weight is 304 g/mol. The van der Waals surface area contributed by atoms with Crippen molar-refractivity contribution >= 4 is 11.8 Å². The van der Waals surface area contributed by atoms with E-state index in [1.165, 1.54) is 6.92 Å². The van der Waals surface area contributed by atoms with Gasteiger partial charge < -0.3 is 15.0 Å². The molecule has 1 aromatic rings. The Hall–Kier alpha value is -1.88. The van der Waals surface area contributed by atoms with Gasteiger partial charge >= 0.3 is 0 Å². The minimum atomic E-state index is -0.292. The summed E-state index contributed by atoms with van der Waals surface area (Å²) >= 11 is 0. The Labute approximate surface area is 131 Å². The highest BCUT2D eigenvalue weighted by Crippen LogP contribution is 2.20. The first-order chi connectivity index (χ1) is 10.5. The highest BCUT2D eigenvalue weighted by Gasteiger charge is 2.28. The van der Waals surface area contributed by atoms with Crippen LogP contribution in [-0.2, 0) is 14.3 Å². The summed E-state index contributed by atoms with van der Waals surface area (Å²) in [6.45, 7) is 6.62. The molecular weight excluding hydrogens is 280 g/mol. The Morgan fingerprint density at radius 1 is 1.23 bits per heavy atom. The van der Waals surface area contributed by atoms with Gasteiger partial charge in [0.05, 0.1) is 24.7 Å². The summed E-state index contributed by atoms with van der Waals surface area (Å²) < 4.78 is 5.66. The van der Waals surface area contributed by atoms with E-state index in [-0.39, 0.29) is 36.5 Å². The predicted octanol–water partition coefficient (Wildman–Crippen LogP) is 1.89. The van der Waals surface area contributed by atoms with Crippen LogP contribution in [-0.4, -0.2) is 42.0 Å². The van der Waals surface area contributed by atoms with E-state index in [9.17, 15) is 9.59 Å². The van der Waals surface area contributed by atoms with Crippen molar-refractivity contribution in [3.8, 4) is 0 Å². The lowest BCUT2D eigenvalue weighted by atomic mass is 10.0. The van der Waals surface area contributed by atoms with Crippen LogP contribution < -0.4 is 5.32 Å². The summed E-state index contributed by atoms with van der Waals surface area (Å²) in [6.07, 6.45) is 0.357. The first-order valence-electron chi connectivity index (χ1n) is 7.71. The van der Waals surface area contributed by atoms with E-state index in [4.69, 9.17) is 4.74 Å². The lowest BCUT2D eigenvalue weighted by molar-refractivity contribution is -0.143. The average Bonchev–Trinajstić information content (AvgIpc) is 2.46. The van der Waals surface area contributed by atoms with Gasteiger partial charge in [-0.3, -0.25) is 9.59 Å². The third-order valence-corrected chi connectivity index (χ3v) is 3.73. The molecule has 0 aromatic heterocycles. The Morgan fingerprint density at radius 3 is 2.36 bits per heavy atom. The van der Waals surface area contributed by atoms with Crippen molar-refractivity contribution < 1.29 is 14.3 Å². The Balaban J connectivity index is 2.06. The number of hydrogen-bond donors (Lipinski definition) is 1. The minimum absolute atomic E-state index is 0.0450. The maximum Gasteiger partial charge on any atom is 0.225 e. The van der Waals surface area contributed by atoms with Gasteiger partial charge in [-0.05, 0) is 19.4 Å². The fourth-order valence-corrected chi connectivity index (χ4v) is 2.87. The summed E-state index contributed by atoms with van der Waals surface area (Å²) in [6, 6.07) is 9.30. The van der Waals surface area contributed by atoms with Crippen molar-refractivity contribution in [3.63, 3.8) is 0 Å². The molecule has 1 aliphatic rings. The first kappa shape index (κ1) is 16.5. The molecule has 3 atom stereocenters. The summed E-state index contributed by atoms with van der Waals surface area (Å²) in [5.41, 5.74) is 0.945. The molecule has 1 fully saturated rings. The number of carbonyl (C=O) groups is 2. The van der Waals surface area contributed by atoms with Crippen LogP contribution in [0.4, 0.5) is 0 Å². The van der Waals surface area contributed by atoms with Crippen LogP contribution >= 0.6 is 0 Å². The van der Waals surface area contributed by atoms with Crippen molar-refractivity contribution in [2.75, 3.05) is 13.1 Å². The zero-order valence-corrected chi connectivity index (χ0v) is 13.4. The largest absolute Gasteiger partial charge is 0.372 e. The van der Waals surface area contributed by atoms with Crippen LogP contribution in [0.2, 0.25) is 0 Å². The molecule has 0 saturated carbocycles. The molecule has 0 spiro atoms. The Morgan fingerprint density at radius 2 is 1.82 bits per heavy atom. The van der Waals surface area contributed by atoms with Crippen LogP contribution in [0.3, 0.4) is 0 Å². The second kappa shape index (κ2) is 7.40. The molecule has 120 valence electrons. The lowest BCUT2D eigenvalue weighted by Crippen LogP contribution is -2.49. The number of amides is 2. The highest BCUT2D eigenvalue weighted by molar-refractivity contribution is 5.79. The number of nitrogens with one attached hydrogen (secondary N) is 1. The Bertz CT molecular complexity index is 508. The number of morpholine rings is 1. The summed E-state index contributed by atoms with van der Waals surface area (Å²) in [5, 5.41) is 2.87. The van der Waals surface area contributed by atoms with Crippen molar-refractivity contribution in [1.82, 2.24) is 10.2 Å². The molecule has 2 rings (SSSR count). The van der Waals surface area contributed by atoms with E-state index in [0.29, 0.717) is 13.1 Å². The van der Waals surface area contributed by atoms with E-state index in [0.717, 1.165) is 5.56 Å².